The molecule has 1 amide bonds. The van der Waals surface area contributed by atoms with Gasteiger partial charge in [0.1, 0.15) is 5.54 Å². The predicted octanol–water partition coefficient (Wildman–Crippen LogP) is 1.89. The van der Waals surface area contributed by atoms with Crippen LogP contribution in [0.25, 0.3) is 0 Å². The molecule has 0 aromatic heterocycles. The molecular weight excluding hydrogens is 218 g/mol. The van der Waals surface area contributed by atoms with Gasteiger partial charge in [0.2, 0.25) is 5.91 Å². The molecule has 2 atom stereocenters. The second-order valence-electron chi connectivity index (χ2n) is 6.27. The van der Waals surface area contributed by atoms with Crippen LogP contribution in [0.15, 0.2) is 0 Å². The first-order chi connectivity index (χ1) is 7.79. The van der Waals surface area contributed by atoms with Crippen LogP contribution in [0, 0.1) is 11.3 Å². The molecule has 0 aromatic rings. The standard InChI is InChI=1S/C13H21NO3/c1-12(2)8-9(12)10(15)14-7-5-4-6-13(14,3)11(16)17/h9H,4-8H2,1-3H3,(H,16,17). The molecule has 4 nitrogen and oxygen atoms in total. The first-order valence-corrected chi connectivity index (χ1v) is 6.34. The number of rotatable bonds is 2. The largest absolute Gasteiger partial charge is 0.480 e. The molecule has 1 aliphatic carbocycles. The number of hydrogen-bond acceptors (Lipinski definition) is 2. The smallest absolute Gasteiger partial charge is 0.329 e. The number of amides is 1. The Morgan fingerprint density at radius 3 is 2.29 bits per heavy atom. The van der Waals surface area contributed by atoms with Crippen LogP contribution < -0.4 is 0 Å². The van der Waals surface area contributed by atoms with Gasteiger partial charge in [0.05, 0.1) is 0 Å². The average molecular weight is 239 g/mol. The van der Waals surface area contributed by atoms with Crippen molar-refractivity contribution in [3.63, 3.8) is 0 Å². The van der Waals surface area contributed by atoms with Crippen LogP contribution in [0.1, 0.15) is 46.5 Å². The Morgan fingerprint density at radius 2 is 1.82 bits per heavy atom. The maximum atomic E-state index is 12.4. The van der Waals surface area contributed by atoms with E-state index in [0.717, 1.165) is 19.3 Å². The fraction of sp³-hybridized carbons (Fsp3) is 0.846. The molecular formula is C13H21NO3. The highest BCUT2D eigenvalue weighted by Gasteiger charge is 2.55. The summed E-state index contributed by atoms with van der Waals surface area (Å²) in [5, 5.41) is 9.36. The van der Waals surface area contributed by atoms with E-state index in [-0.39, 0.29) is 17.2 Å². The van der Waals surface area contributed by atoms with Gasteiger partial charge in [0, 0.05) is 12.5 Å². The Hall–Kier alpha value is -1.06. The lowest BCUT2D eigenvalue weighted by Crippen LogP contribution is -2.58. The third-order valence-corrected chi connectivity index (χ3v) is 4.43. The molecule has 4 heteroatoms. The van der Waals surface area contributed by atoms with Crippen LogP contribution in [0.5, 0.6) is 0 Å². The zero-order chi connectivity index (χ0) is 12.8. The monoisotopic (exact) mass is 239 g/mol. The van der Waals surface area contributed by atoms with Crippen molar-refractivity contribution < 1.29 is 14.7 Å². The molecule has 2 fully saturated rings. The molecule has 2 rings (SSSR count). The van der Waals surface area contributed by atoms with Gasteiger partial charge < -0.3 is 10.0 Å². The van der Waals surface area contributed by atoms with E-state index in [0.29, 0.717) is 13.0 Å². The minimum absolute atomic E-state index is 0.0271. The number of carboxylic acid groups (broad SMARTS) is 1. The van der Waals surface area contributed by atoms with Gasteiger partial charge in [-0.1, -0.05) is 13.8 Å². The topological polar surface area (TPSA) is 57.6 Å². The molecule has 96 valence electrons. The Morgan fingerprint density at radius 1 is 1.24 bits per heavy atom. The van der Waals surface area contributed by atoms with E-state index in [1.54, 1.807) is 11.8 Å². The third kappa shape index (κ3) is 1.94. The van der Waals surface area contributed by atoms with E-state index in [1.807, 2.05) is 0 Å². The first-order valence-electron chi connectivity index (χ1n) is 6.34. The van der Waals surface area contributed by atoms with E-state index >= 15 is 0 Å². The van der Waals surface area contributed by atoms with E-state index < -0.39 is 11.5 Å². The van der Waals surface area contributed by atoms with Crippen LogP contribution in [0.2, 0.25) is 0 Å². The number of likely N-dealkylation sites (tertiary alicyclic amines) is 1. The van der Waals surface area contributed by atoms with Crippen molar-refractivity contribution in [2.75, 3.05) is 6.54 Å². The molecule has 1 heterocycles. The molecule has 1 N–H and O–H groups in total. The molecule has 17 heavy (non-hydrogen) atoms. The summed E-state index contributed by atoms with van der Waals surface area (Å²) in [7, 11) is 0. The molecule has 0 spiro atoms. The van der Waals surface area contributed by atoms with Crippen molar-refractivity contribution in [3.8, 4) is 0 Å². The van der Waals surface area contributed by atoms with Gasteiger partial charge in [-0.05, 0) is 38.0 Å². The lowest BCUT2D eigenvalue weighted by Gasteiger charge is -2.42. The van der Waals surface area contributed by atoms with Gasteiger partial charge in [-0.3, -0.25) is 4.79 Å². The summed E-state index contributed by atoms with van der Waals surface area (Å²) in [6.45, 7) is 6.41. The second kappa shape index (κ2) is 3.72. The number of carbonyl (C=O) groups is 2. The zero-order valence-corrected chi connectivity index (χ0v) is 10.8. The highest BCUT2D eigenvalue weighted by Crippen LogP contribution is 2.53. The fourth-order valence-corrected chi connectivity index (χ4v) is 2.77. The molecule has 0 aromatic carbocycles. The number of aliphatic carboxylic acids is 1. The summed E-state index contributed by atoms with van der Waals surface area (Å²) < 4.78 is 0. The van der Waals surface area contributed by atoms with E-state index in [4.69, 9.17) is 0 Å². The highest BCUT2D eigenvalue weighted by molar-refractivity contribution is 5.89. The van der Waals surface area contributed by atoms with Crippen LogP contribution in [0.4, 0.5) is 0 Å². The maximum absolute atomic E-state index is 12.4. The Balaban J connectivity index is 2.18. The second-order valence-corrected chi connectivity index (χ2v) is 6.27. The Bertz CT molecular complexity index is 364. The van der Waals surface area contributed by atoms with Gasteiger partial charge in [-0.15, -0.1) is 0 Å². The van der Waals surface area contributed by atoms with Crippen molar-refractivity contribution in [3.05, 3.63) is 0 Å². The van der Waals surface area contributed by atoms with Crippen molar-refractivity contribution in [2.45, 2.75) is 52.0 Å². The van der Waals surface area contributed by atoms with Gasteiger partial charge in [0.25, 0.3) is 0 Å². The number of hydrogen-bond donors (Lipinski definition) is 1. The number of carboxylic acids is 1. The normalized spacial score (nSPS) is 35.5. The minimum Gasteiger partial charge on any atom is -0.480 e. The zero-order valence-electron chi connectivity index (χ0n) is 10.8. The molecule has 0 radical (unpaired) electrons. The van der Waals surface area contributed by atoms with Gasteiger partial charge in [-0.25, -0.2) is 4.79 Å². The molecule has 2 unspecified atom stereocenters. The molecule has 1 saturated carbocycles. The van der Waals surface area contributed by atoms with Gasteiger partial charge >= 0.3 is 5.97 Å². The van der Waals surface area contributed by atoms with Crippen molar-refractivity contribution in [1.29, 1.82) is 0 Å². The predicted molar refractivity (Wildman–Crippen MR) is 63.5 cm³/mol. The molecule has 1 saturated heterocycles. The molecule has 1 aliphatic heterocycles. The van der Waals surface area contributed by atoms with E-state index in [2.05, 4.69) is 13.8 Å². The summed E-state index contributed by atoms with van der Waals surface area (Å²) >= 11 is 0. The lowest BCUT2D eigenvalue weighted by molar-refractivity contribution is -0.161. The van der Waals surface area contributed by atoms with Crippen LogP contribution in [0.3, 0.4) is 0 Å². The van der Waals surface area contributed by atoms with Gasteiger partial charge in [-0.2, -0.15) is 0 Å². The summed E-state index contributed by atoms with van der Waals surface area (Å²) in [6.07, 6.45) is 3.27. The number of piperidine rings is 1. The van der Waals surface area contributed by atoms with E-state index in [1.165, 1.54) is 0 Å². The minimum atomic E-state index is -0.992. The third-order valence-electron chi connectivity index (χ3n) is 4.43. The Labute approximate surface area is 102 Å². The van der Waals surface area contributed by atoms with Crippen molar-refractivity contribution in [2.24, 2.45) is 11.3 Å². The van der Waals surface area contributed by atoms with E-state index in [9.17, 15) is 14.7 Å². The lowest BCUT2D eigenvalue weighted by atomic mass is 9.87. The van der Waals surface area contributed by atoms with Gasteiger partial charge in [0.15, 0.2) is 0 Å². The van der Waals surface area contributed by atoms with Crippen LogP contribution in [-0.2, 0) is 9.59 Å². The van der Waals surface area contributed by atoms with Crippen LogP contribution in [-0.4, -0.2) is 34.0 Å². The van der Waals surface area contributed by atoms with Crippen molar-refractivity contribution >= 4 is 11.9 Å². The number of carbonyl (C=O) groups excluding carboxylic acids is 1. The quantitative estimate of drug-likeness (QED) is 0.800. The summed E-state index contributed by atoms with van der Waals surface area (Å²) in [6, 6.07) is 0. The fourth-order valence-electron chi connectivity index (χ4n) is 2.77. The number of nitrogens with zero attached hydrogens (tertiary/aromatic N) is 1. The first kappa shape index (κ1) is 12.4. The maximum Gasteiger partial charge on any atom is 0.329 e. The average Bonchev–Trinajstić information content (AvgIpc) is 2.87. The molecule has 0 bridgehead atoms. The Kier molecular flexibility index (Phi) is 2.71. The highest BCUT2D eigenvalue weighted by atomic mass is 16.4. The molecule has 2 aliphatic rings. The SMILES string of the molecule is CC1(C)CC1C(=O)N1CCCCC1(C)C(=O)O. The summed E-state index contributed by atoms with van der Waals surface area (Å²) in [4.78, 5) is 25.4. The summed E-state index contributed by atoms with van der Waals surface area (Å²) in [5.74, 6) is -0.803. The van der Waals surface area contributed by atoms with Crippen LogP contribution >= 0.6 is 0 Å². The van der Waals surface area contributed by atoms with Crippen molar-refractivity contribution in [1.82, 2.24) is 4.90 Å². The summed E-state index contributed by atoms with van der Waals surface area (Å²) in [5.41, 5.74) is -0.929.